The number of pyridine rings is 1. The molecule has 0 aromatic carbocycles. The predicted molar refractivity (Wildman–Crippen MR) is 60.9 cm³/mol. The van der Waals surface area contributed by atoms with Crippen molar-refractivity contribution in [2.45, 2.75) is 20.5 Å². The van der Waals surface area contributed by atoms with Crippen LogP contribution in [0.2, 0.25) is 0 Å². The van der Waals surface area contributed by atoms with E-state index in [0.717, 1.165) is 0 Å². The minimum Gasteiger partial charge on any atom is -0.395 e. The van der Waals surface area contributed by atoms with Crippen LogP contribution in [0.4, 0.5) is 0 Å². The van der Waals surface area contributed by atoms with Crippen LogP contribution < -0.4 is 5.32 Å². The third kappa shape index (κ3) is 4.86. The van der Waals surface area contributed by atoms with Crippen molar-refractivity contribution >= 4 is 5.91 Å². The Morgan fingerprint density at radius 1 is 1.44 bits per heavy atom. The second-order valence-electron chi connectivity index (χ2n) is 2.69. The summed E-state index contributed by atoms with van der Waals surface area (Å²) in [4.78, 5) is 15.1. The summed E-state index contributed by atoms with van der Waals surface area (Å²) in [7, 11) is 0. The van der Waals surface area contributed by atoms with Crippen molar-refractivity contribution in [3.05, 3.63) is 29.6 Å². The molecule has 0 unspecified atom stereocenters. The fourth-order valence-corrected chi connectivity index (χ4v) is 0.957. The van der Waals surface area contributed by atoms with Gasteiger partial charge in [0.2, 0.25) is 0 Å². The van der Waals surface area contributed by atoms with Gasteiger partial charge in [-0.25, -0.2) is 0 Å². The minimum absolute atomic E-state index is 0.106. The van der Waals surface area contributed by atoms with Crippen molar-refractivity contribution in [1.82, 2.24) is 10.3 Å². The fourth-order valence-electron chi connectivity index (χ4n) is 0.957. The Hall–Kier alpha value is -1.46. The molecule has 5 heteroatoms. The molecule has 0 saturated carbocycles. The van der Waals surface area contributed by atoms with Crippen molar-refractivity contribution in [1.29, 1.82) is 0 Å². The first kappa shape index (κ1) is 14.5. The molecule has 0 fully saturated rings. The van der Waals surface area contributed by atoms with Gasteiger partial charge in [0.15, 0.2) is 0 Å². The first-order valence-corrected chi connectivity index (χ1v) is 5.22. The van der Waals surface area contributed by atoms with Crippen LogP contribution >= 0.6 is 0 Å². The van der Waals surface area contributed by atoms with Gasteiger partial charge < -0.3 is 15.5 Å². The summed E-state index contributed by atoms with van der Waals surface area (Å²) in [6, 6.07) is 3.13. The molecule has 1 aromatic rings. The summed E-state index contributed by atoms with van der Waals surface area (Å²) in [5, 5.41) is 19.8. The molecule has 90 valence electrons. The van der Waals surface area contributed by atoms with E-state index in [1.807, 2.05) is 13.8 Å². The van der Waals surface area contributed by atoms with Crippen LogP contribution in [0.3, 0.4) is 0 Å². The van der Waals surface area contributed by atoms with E-state index in [4.69, 9.17) is 10.2 Å². The number of carbonyl (C=O) groups is 1. The molecule has 0 bridgehead atoms. The summed E-state index contributed by atoms with van der Waals surface area (Å²) in [5.41, 5.74) is 0.874. The van der Waals surface area contributed by atoms with E-state index in [1.165, 1.54) is 12.3 Å². The van der Waals surface area contributed by atoms with Crippen LogP contribution in [0.25, 0.3) is 0 Å². The molecule has 0 aliphatic heterocycles. The highest BCUT2D eigenvalue weighted by molar-refractivity contribution is 5.92. The number of hydrogen-bond donors (Lipinski definition) is 3. The maximum absolute atomic E-state index is 11.3. The van der Waals surface area contributed by atoms with Gasteiger partial charge in [-0.2, -0.15) is 0 Å². The van der Waals surface area contributed by atoms with Crippen molar-refractivity contribution < 1.29 is 15.0 Å². The van der Waals surface area contributed by atoms with Gasteiger partial charge in [-0.1, -0.05) is 13.8 Å². The summed E-state index contributed by atoms with van der Waals surface area (Å²) in [5.74, 6) is -0.352. The molecule has 1 heterocycles. The number of hydrogen-bond acceptors (Lipinski definition) is 4. The largest absolute Gasteiger partial charge is 0.395 e. The predicted octanol–water partition coefficient (Wildman–Crippen LogP) is 0.322. The summed E-state index contributed by atoms with van der Waals surface area (Å²) >= 11 is 0. The summed E-state index contributed by atoms with van der Waals surface area (Å²) in [6.45, 7) is 3.97. The number of aliphatic hydroxyl groups excluding tert-OH is 2. The van der Waals surface area contributed by atoms with Crippen molar-refractivity contribution in [2.75, 3.05) is 13.2 Å². The van der Waals surface area contributed by atoms with E-state index in [9.17, 15) is 4.79 Å². The zero-order valence-corrected chi connectivity index (χ0v) is 9.60. The number of rotatable bonds is 4. The molecule has 0 saturated heterocycles. The third-order valence-corrected chi connectivity index (χ3v) is 1.64. The van der Waals surface area contributed by atoms with E-state index < -0.39 is 0 Å². The zero-order chi connectivity index (χ0) is 12.4. The van der Waals surface area contributed by atoms with Gasteiger partial charge in [0.25, 0.3) is 5.91 Å². The van der Waals surface area contributed by atoms with Gasteiger partial charge in [-0.05, 0) is 17.7 Å². The molecule has 3 N–H and O–H groups in total. The number of nitrogens with zero attached hydrogens (tertiary/aromatic N) is 1. The molecule has 16 heavy (non-hydrogen) atoms. The average Bonchev–Trinajstić information content (AvgIpc) is 2.38. The van der Waals surface area contributed by atoms with Crippen LogP contribution in [-0.4, -0.2) is 34.3 Å². The molecular weight excluding hydrogens is 208 g/mol. The van der Waals surface area contributed by atoms with Crippen LogP contribution in [0, 0.1) is 0 Å². The number of carbonyl (C=O) groups excluding carboxylic acids is 1. The normalized spacial score (nSPS) is 9.00. The number of aromatic nitrogens is 1. The number of amides is 1. The molecule has 5 nitrogen and oxygen atoms in total. The van der Waals surface area contributed by atoms with Crippen LogP contribution in [-0.2, 0) is 6.61 Å². The molecule has 0 spiro atoms. The lowest BCUT2D eigenvalue weighted by atomic mass is 10.2. The van der Waals surface area contributed by atoms with Crippen molar-refractivity contribution in [3.8, 4) is 0 Å². The maximum atomic E-state index is 11.3. The Balaban J connectivity index is 0.00000106. The smallest absolute Gasteiger partial charge is 0.269 e. The lowest BCUT2D eigenvalue weighted by molar-refractivity contribution is 0.0939. The van der Waals surface area contributed by atoms with E-state index >= 15 is 0 Å². The molecule has 0 atom stereocenters. The van der Waals surface area contributed by atoms with Crippen LogP contribution in [0.5, 0.6) is 0 Å². The Kier molecular flexibility index (Phi) is 8.01. The van der Waals surface area contributed by atoms with Crippen LogP contribution in [0.15, 0.2) is 18.3 Å². The summed E-state index contributed by atoms with van der Waals surface area (Å²) < 4.78 is 0. The molecule has 1 amide bonds. The molecule has 1 rings (SSSR count). The SMILES string of the molecule is CC.O=C(NCCO)c1cc(CO)ccn1. The number of nitrogens with one attached hydrogen (secondary N) is 1. The van der Waals surface area contributed by atoms with Crippen molar-refractivity contribution in [3.63, 3.8) is 0 Å². The Labute approximate surface area is 95.1 Å². The zero-order valence-electron chi connectivity index (χ0n) is 9.60. The second kappa shape index (κ2) is 8.82. The molecule has 1 aromatic heterocycles. The second-order valence-corrected chi connectivity index (χ2v) is 2.69. The Morgan fingerprint density at radius 3 is 2.69 bits per heavy atom. The fraction of sp³-hybridized carbons (Fsp3) is 0.455. The lowest BCUT2D eigenvalue weighted by Crippen LogP contribution is -2.27. The van der Waals surface area contributed by atoms with Gasteiger partial charge in [0, 0.05) is 12.7 Å². The van der Waals surface area contributed by atoms with Gasteiger partial charge in [-0.3, -0.25) is 9.78 Å². The van der Waals surface area contributed by atoms with Gasteiger partial charge in [0.1, 0.15) is 5.69 Å². The quantitative estimate of drug-likeness (QED) is 0.690. The minimum atomic E-state index is -0.352. The highest BCUT2D eigenvalue weighted by Crippen LogP contribution is 2.01. The van der Waals surface area contributed by atoms with Crippen LogP contribution in [0.1, 0.15) is 29.9 Å². The first-order valence-electron chi connectivity index (χ1n) is 5.22. The van der Waals surface area contributed by atoms with Gasteiger partial charge >= 0.3 is 0 Å². The first-order chi connectivity index (χ1) is 7.77. The average molecular weight is 226 g/mol. The topological polar surface area (TPSA) is 82.5 Å². The van der Waals surface area contributed by atoms with E-state index in [1.54, 1.807) is 6.07 Å². The molecular formula is C11H18N2O3. The van der Waals surface area contributed by atoms with Gasteiger partial charge in [-0.15, -0.1) is 0 Å². The van der Waals surface area contributed by atoms with Gasteiger partial charge in [0.05, 0.1) is 13.2 Å². The monoisotopic (exact) mass is 226 g/mol. The van der Waals surface area contributed by atoms with Crippen molar-refractivity contribution in [2.24, 2.45) is 0 Å². The molecule has 0 aliphatic carbocycles. The van der Waals surface area contributed by atoms with E-state index in [0.29, 0.717) is 5.56 Å². The molecule has 0 radical (unpaired) electrons. The third-order valence-electron chi connectivity index (χ3n) is 1.64. The highest BCUT2D eigenvalue weighted by atomic mass is 16.3. The molecule has 0 aliphatic rings. The van der Waals surface area contributed by atoms with E-state index in [-0.39, 0.29) is 31.4 Å². The van der Waals surface area contributed by atoms with E-state index in [2.05, 4.69) is 10.3 Å². The Bertz CT molecular complexity index is 316. The number of aliphatic hydroxyl groups is 2. The summed E-state index contributed by atoms with van der Waals surface area (Å²) in [6.07, 6.45) is 1.46. The Morgan fingerprint density at radius 2 is 2.12 bits per heavy atom. The maximum Gasteiger partial charge on any atom is 0.269 e. The standard InChI is InChI=1S/C9H12N2O3.C2H6/c12-4-3-11-9(14)8-5-7(6-13)1-2-10-8;1-2/h1-2,5,12-13H,3-4,6H2,(H,11,14);1-2H3. The highest BCUT2D eigenvalue weighted by Gasteiger charge is 2.06. The lowest BCUT2D eigenvalue weighted by Gasteiger charge is -2.03.